The molecule has 1 atom stereocenters. The van der Waals surface area contributed by atoms with Gasteiger partial charge in [0.1, 0.15) is 16.6 Å². The summed E-state index contributed by atoms with van der Waals surface area (Å²) in [6, 6.07) is 11.4. The van der Waals surface area contributed by atoms with Gasteiger partial charge in [-0.15, -0.1) is 11.3 Å². The maximum Gasteiger partial charge on any atom is 0.260 e. The number of benzene rings is 2. The van der Waals surface area contributed by atoms with Crippen LogP contribution >= 0.6 is 11.3 Å². The lowest BCUT2D eigenvalue weighted by molar-refractivity contribution is -0.124. The van der Waals surface area contributed by atoms with E-state index in [0.717, 1.165) is 11.1 Å². The molecule has 0 saturated carbocycles. The van der Waals surface area contributed by atoms with Gasteiger partial charge in [-0.1, -0.05) is 12.6 Å². The Kier molecular flexibility index (Phi) is 4.70. The molecule has 0 unspecified atom stereocenters. The number of carbonyl (C=O) groups excluding carboxylic acids is 2. The Morgan fingerprint density at radius 2 is 2.03 bits per heavy atom. The lowest BCUT2D eigenvalue weighted by Crippen LogP contribution is -2.52. The van der Waals surface area contributed by atoms with E-state index < -0.39 is 5.54 Å². The molecule has 3 heterocycles. The van der Waals surface area contributed by atoms with Crippen LogP contribution in [0.3, 0.4) is 0 Å². The van der Waals surface area contributed by atoms with Gasteiger partial charge < -0.3 is 20.3 Å². The number of fused-ring (bicyclic) bond motifs is 1. The van der Waals surface area contributed by atoms with Gasteiger partial charge in [-0.05, 0) is 42.0 Å². The Bertz CT molecular complexity index is 1260. The molecule has 3 aromatic rings. The molecule has 162 valence electrons. The second kappa shape index (κ2) is 7.45. The van der Waals surface area contributed by atoms with Crippen LogP contribution in [-0.4, -0.2) is 35.4 Å². The Balaban J connectivity index is 1.49. The molecule has 2 aliphatic heterocycles. The van der Waals surface area contributed by atoms with Crippen molar-refractivity contribution in [1.29, 1.82) is 0 Å². The zero-order valence-corrected chi connectivity index (χ0v) is 18.0. The first-order chi connectivity index (χ1) is 15.4. The fourth-order valence-electron chi connectivity index (χ4n) is 4.02. The summed E-state index contributed by atoms with van der Waals surface area (Å²) in [6.07, 6.45) is 0. The third-order valence-corrected chi connectivity index (χ3v) is 6.65. The van der Waals surface area contributed by atoms with Crippen LogP contribution in [0.2, 0.25) is 0 Å². The van der Waals surface area contributed by atoms with Crippen molar-refractivity contribution < 1.29 is 18.7 Å². The van der Waals surface area contributed by atoms with Crippen LogP contribution in [-0.2, 0) is 16.9 Å². The van der Waals surface area contributed by atoms with Gasteiger partial charge in [0.05, 0.1) is 25.2 Å². The van der Waals surface area contributed by atoms with Gasteiger partial charge in [0.15, 0.2) is 5.54 Å². The van der Waals surface area contributed by atoms with Crippen molar-refractivity contribution in [3.05, 3.63) is 82.2 Å². The fourth-order valence-corrected chi connectivity index (χ4v) is 5.00. The first kappa shape index (κ1) is 20.2. The molecular weight excluding hydrogens is 431 g/mol. The minimum atomic E-state index is -1.28. The quantitative estimate of drug-likeness (QED) is 0.625. The molecule has 2 aliphatic rings. The maximum atomic E-state index is 13.3. The van der Waals surface area contributed by atoms with Crippen molar-refractivity contribution in [3.63, 3.8) is 0 Å². The Hall–Kier alpha value is -3.72. The van der Waals surface area contributed by atoms with Crippen LogP contribution < -0.4 is 15.4 Å². The van der Waals surface area contributed by atoms with E-state index in [1.54, 1.807) is 30.2 Å². The Morgan fingerprint density at radius 3 is 2.72 bits per heavy atom. The summed E-state index contributed by atoms with van der Waals surface area (Å²) in [4.78, 5) is 32.5. The van der Waals surface area contributed by atoms with Gasteiger partial charge in [0, 0.05) is 23.1 Å². The Morgan fingerprint density at radius 1 is 1.25 bits per heavy atom. The number of nitrogens with zero attached hydrogens (tertiary/aromatic N) is 2. The molecule has 0 aliphatic carbocycles. The first-order valence-electron chi connectivity index (χ1n) is 9.86. The van der Waals surface area contributed by atoms with E-state index in [9.17, 15) is 14.0 Å². The number of thiazole rings is 1. The molecule has 9 heteroatoms. The number of aromatic nitrogens is 1. The van der Waals surface area contributed by atoms with Crippen LogP contribution in [0.25, 0.3) is 11.3 Å². The van der Waals surface area contributed by atoms with E-state index >= 15 is 0 Å². The monoisotopic (exact) mass is 450 g/mol. The minimum Gasteiger partial charge on any atom is -0.497 e. The van der Waals surface area contributed by atoms with Crippen molar-refractivity contribution in [3.8, 4) is 17.0 Å². The minimum absolute atomic E-state index is 0.0735. The standard InChI is InChI=1S/C23H19FN4O3S/c1-13-25-21(30)23(27-13,22-26-19(11-32-22)14-3-6-16(24)7-4-14)12-28-10-15-5-8-17(31-2)9-18(15)20(28)29/h3-9,11,27H,1,10,12H2,2H3,(H,25,30)/t23-/m1/s1. The van der Waals surface area contributed by atoms with Gasteiger partial charge in [0.2, 0.25) is 0 Å². The SMILES string of the molecule is C=C1NC(=O)[C@](CN2Cc3ccc(OC)cc3C2=O)(c2nc(-c3ccc(F)cc3)cs2)N1. The van der Waals surface area contributed by atoms with E-state index in [0.29, 0.717) is 34.4 Å². The van der Waals surface area contributed by atoms with E-state index in [-0.39, 0.29) is 24.2 Å². The number of hydrogen-bond donors (Lipinski definition) is 2. The molecule has 1 aromatic heterocycles. The molecular formula is C23H19FN4O3S. The number of carbonyl (C=O) groups is 2. The molecule has 2 aromatic carbocycles. The molecule has 2 N–H and O–H groups in total. The largest absolute Gasteiger partial charge is 0.497 e. The number of methoxy groups -OCH3 is 1. The number of nitrogens with one attached hydrogen (secondary N) is 2. The fraction of sp³-hybridized carbons (Fsp3) is 0.174. The number of hydrogen-bond acceptors (Lipinski definition) is 6. The van der Waals surface area contributed by atoms with Gasteiger partial charge >= 0.3 is 0 Å². The van der Waals surface area contributed by atoms with Gasteiger partial charge in [-0.25, -0.2) is 9.37 Å². The number of ether oxygens (including phenoxy) is 1. The second-order valence-electron chi connectivity index (χ2n) is 7.69. The molecule has 0 radical (unpaired) electrons. The molecule has 0 spiro atoms. The second-order valence-corrected chi connectivity index (χ2v) is 8.55. The van der Waals surface area contributed by atoms with Gasteiger partial charge in [0.25, 0.3) is 11.8 Å². The van der Waals surface area contributed by atoms with Crippen molar-refractivity contribution >= 4 is 23.2 Å². The summed E-state index contributed by atoms with van der Waals surface area (Å²) in [7, 11) is 1.55. The van der Waals surface area contributed by atoms with E-state index in [1.807, 2.05) is 17.5 Å². The highest BCUT2D eigenvalue weighted by Gasteiger charge is 2.51. The molecule has 32 heavy (non-hydrogen) atoms. The smallest absolute Gasteiger partial charge is 0.260 e. The summed E-state index contributed by atoms with van der Waals surface area (Å²) in [5, 5.41) is 8.13. The van der Waals surface area contributed by atoms with E-state index in [4.69, 9.17) is 4.74 Å². The predicted molar refractivity (Wildman–Crippen MR) is 117 cm³/mol. The zero-order chi connectivity index (χ0) is 22.5. The normalized spacial score (nSPS) is 19.7. The topological polar surface area (TPSA) is 83.6 Å². The average molecular weight is 450 g/mol. The summed E-state index contributed by atoms with van der Waals surface area (Å²) in [5.74, 6) is 0.101. The molecule has 5 rings (SSSR count). The van der Waals surface area contributed by atoms with Crippen LogP contribution in [0.1, 0.15) is 20.9 Å². The Labute approximate surface area is 187 Å². The number of halogens is 1. The summed E-state index contributed by atoms with van der Waals surface area (Å²) in [5.41, 5.74) is 1.51. The van der Waals surface area contributed by atoms with Crippen LogP contribution in [0.15, 0.2) is 60.2 Å². The summed E-state index contributed by atoms with van der Waals surface area (Å²) < 4.78 is 18.5. The predicted octanol–water partition coefficient (Wildman–Crippen LogP) is 3.00. The zero-order valence-electron chi connectivity index (χ0n) is 17.1. The third kappa shape index (κ3) is 3.21. The summed E-state index contributed by atoms with van der Waals surface area (Å²) in [6.45, 7) is 4.27. The number of amides is 2. The van der Waals surface area contributed by atoms with Crippen molar-refractivity contribution in [2.24, 2.45) is 0 Å². The number of rotatable bonds is 5. The summed E-state index contributed by atoms with van der Waals surface area (Å²) >= 11 is 1.30. The van der Waals surface area contributed by atoms with E-state index in [1.165, 1.54) is 23.5 Å². The van der Waals surface area contributed by atoms with Crippen molar-refractivity contribution in [2.75, 3.05) is 13.7 Å². The van der Waals surface area contributed by atoms with Crippen LogP contribution in [0, 0.1) is 5.82 Å². The lowest BCUT2D eigenvalue weighted by atomic mass is 10.00. The van der Waals surface area contributed by atoms with Crippen molar-refractivity contribution in [2.45, 2.75) is 12.1 Å². The first-order valence-corrected chi connectivity index (χ1v) is 10.7. The molecule has 7 nitrogen and oxygen atoms in total. The maximum absolute atomic E-state index is 13.3. The third-order valence-electron chi connectivity index (χ3n) is 5.65. The highest BCUT2D eigenvalue weighted by atomic mass is 32.1. The molecule has 0 bridgehead atoms. The van der Waals surface area contributed by atoms with Crippen LogP contribution in [0.4, 0.5) is 4.39 Å². The van der Waals surface area contributed by atoms with Gasteiger partial charge in [-0.3, -0.25) is 9.59 Å². The van der Waals surface area contributed by atoms with Crippen LogP contribution in [0.5, 0.6) is 5.75 Å². The van der Waals surface area contributed by atoms with Gasteiger partial charge in [-0.2, -0.15) is 0 Å². The molecule has 1 fully saturated rings. The average Bonchev–Trinajstić information content (AvgIpc) is 3.46. The van der Waals surface area contributed by atoms with Crippen molar-refractivity contribution in [1.82, 2.24) is 20.5 Å². The highest BCUT2D eigenvalue weighted by molar-refractivity contribution is 7.10. The highest BCUT2D eigenvalue weighted by Crippen LogP contribution is 2.36. The molecule has 1 saturated heterocycles. The lowest BCUT2D eigenvalue weighted by Gasteiger charge is -2.29. The van der Waals surface area contributed by atoms with E-state index in [2.05, 4.69) is 22.2 Å². The molecule has 2 amide bonds.